The van der Waals surface area contributed by atoms with Crippen LogP contribution in [0.25, 0.3) is 0 Å². The molecule has 0 bridgehead atoms. The Morgan fingerprint density at radius 3 is 2.25 bits per heavy atom. The fourth-order valence-electron chi connectivity index (χ4n) is 1.28. The number of aromatic nitrogens is 3. The first-order valence-electron chi connectivity index (χ1n) is 4.48. The van der Waals surface area contributed by atoms with Crippen LogP contribution in [0.4, 0.5) is 17.6 Å². The first kappa shape index (κ1) is 13.4. The quantitative estimate of drug-likeness (QED) is 0.632. The molecule has 0 fully saturated rings. The molecule has 1 rings (SSSR count). The molecule has 0 spiro atoms. The van der Waals surface area contributed by atoms with Crippen molar-refractivity contribution in [2.75, 3.05) is 0 Å². The highest BCUT2D eigenvalue weighted by atomic mass is 79.9. The lowest BCUT2D eigenvalue weighted by Crippen LogP contribution is -2.29. The van der Waals surface area contributed by atoms with E-state index in [1.807, 2.05) is 0 Å². The minimum Gasteiger partial charge on any atom is -0.306 e. The number of rotatable bonds is 4. The Morgan fingerprint density at radius 2 is 1.88 bits per heavy atom. The smallest absolute Gasteiger partial charge is 0.306 e. The summed E-state index contributed by atoms with van der Waals surface area (Å²) in [4.78, 5) is 0. The molecular weight excluding hydrogens is 294 g/mol. The Bertz CT molecular complexity index is 364. The molecule has 16 heavy (non-hydrogen) atoms. The number of alkyl halides is 5. The Hall–Kier alpha value is -0.660. The van der Waals surface area contributed by atoms with Gasteiger partial charge in [0.2, 0.25) is 5.82 Å². The Labute approximate surface area is 98.0 Å². The molecule has 0 aliphatic heterocycles. The van der Waals surface area contributed by atoms with Crippen LogP contribution in [-0.2, 0) is 11.3 Å². The van der Waals surface area contributed by atoms with Gasteiger partial charge in [-0.15, -0.1) is 10.2 Å². The maximum absolute atomic E-state index is 13.2. The third-order valence-corrected chi connectivity index (χ3v) is 2.48. The first-order valence-corrected chi connectivity index (χ1v) is 5.60. The zero-order valence-corrected chi connectivity index (χ0v) is 10.2. The fourth-order valence-corrected chi connectivity index (χ4v) is 1.66. The summed E-state index contributed by atoms with van der Waals surface area (Å²) in [5.74, 6) is -5.07. The van der Waals surface area contributed by atoms with Gasteiger partial charge in [-0.2, -0.15) is 8.78 Å². The molecule has 0 aliphatic carbocycles. The molecule has 0 radical (unpaired) electrons. The average molecular weight is 304 g/mol. The lowest BCUT2D eigenvalue weighted by molar-refractivity contribution is -0.143. The van der Waals surface area contributed by atoms with Crippen LogP contribution >= 0.6 is 15.9 Å². The van der Waals surface area contributed by atoms with Crippen LogP contribution in [0.5, 0.6) is 0 Å². The van der Waals surface area contributed by atoms with E-state index in [9.17, 15) is 17.6 Å². The van der Waals surface area contributed by atoms with Gasteiger partial charge in [0.25, 0.3) is 0 Å². The van der Waals surface area contributed by atoms with Crippen molar-refractivity contribution in [3.63, 3.8) is 0 Å². The highest BCUT2D eigenvalue weighted by molar-refractivity contribution is 9.08. The van der Waals surface area contributed by atoms with Crippen molar-refractivity contribution in [3.8, 4) is 0 Å². The zero-order valence-electron chi connectivity index (χ0n) is 8.59. The first-order chi connectivity index (χ1) is 7.32. The van der Waals surface area contributed by atoms with Crippen molar-refractivity contribution in [1.29, 1.82) is 0 Å². The van der Waals surface area contributed by atoms with E-state index in [4.69, 9.17) is 0 Å². The summed E-state index contributed by atoms with van der Waals surface area (Å²) in [5, 5.41) is 6.79. The number of nitrogens with zero attached hydrogens (tertiary/aromatic N) is 3. The molecule has 0 amide bonds. The lowest BCUT2D eigenvalue weighted by Gasteiger charge is -2.18. The van der Waals surface area contributed by atoms with Gasteiger partial charge in [0.15, 0.2) is 0 Å². The highest BCUT2D eigenvalue weighted by Gasteiger charge is 2.48. The number of hydrogen-bond donors (Lipinski definition) is 0. The Morgan fingerprint density at radius 1 is 1.31 bits per heavy atom. The van der Waals surface area contributed by atoms with E-state index in [0.29, 0.717) is 0 Å². The van der Waals surface area contributed by atoms with Crippen LogP contribution in [-0.4, -0.2) is 21.2 Å². The van der Waals surface area contributed by atoms with Gasteiger partial charge in [-0.25, -0.2) is 8.78 Å². The molecule has 0 unspecified atom stereocenters. The summed E-state index contributed by atoms with van der Waals surface area (Å²) in [6, 6.07) is -0.415. The van der Waals surface area contributed by atoms with Crippen LogP contribution in [0.3, 0.4) is 0 Å². The highest BCUT2D eigenvalue weighted by Crippen LogP contribution is 2.35. The number of halogens is 5. The molecule has 0 aliphatic rings. The standard InChI is InChI=1S/C8H10BrF4N3/c1-4(2)16-5(3-9)14-15-7(16)8(12,13)6(10)11/h4,6H,3H2,1-2H3. The molecule has 0 aromatic carbocycles. The van der Waals surface area contributed by atoms with Gasteiger partial charge in [0, 0.05) is 6.04 Å². The largest absolute Gasteiger partial charge is 0.365 e. The molecule has 0 saturated heterocycles. The second-order valence-electron chi connectivity index (χ2n) is 3.46. The zero-order chi connectivity index (χ0) is 12.5. The Kier molecular flexibility index (Phi) is 3.92. The summed E-state index contributed by atoms with van der Waals surface area (Å²) in [7, 11) is 0. The van der Waals surface area contributed by atoms with E-state index >= 15 is 0 Å². The van der Waals surface area contributed by atoms with E-state index in [-0.39, 0.29) is 11.2 Å². The second kappa shape index (κ2) is 4.68. The minimum absolute atomic E-state index is 0.178. The summed E-state index contributed by atoms with van der Waals surface area (Å²) >= 11 is 3.04. The SMILES string of the molecule is CC(C)n1c(CBr)nnc1C(F)(F)C(F)F. The van der Waals surface area contributed by atoms with E-state index in [0.717, 1.165) is 4.57 Å². The monoisotopic (exact) mass is 303 g/mol. The number of hydrogen-bond acceptors (Lipinski definition) is 2. The van der Waals surface area contributed by atoms with Gasteiger partial charge in [-0.3, -0.25) is 0 Å². The topological polar surface area (TPSA) is 30.7 Å². The van der Waals surface area contributed by atoms with Crippen molar-refractivity contribution in [1.82, 2.24) is 14.8 Å². The van der Waals surface area contributed by atoms with Gasteiger partial charge < -0.3 is 4.57 Å². The Balaban J connectivity index is 3.29. The van der Waals surface area contributed by atoms with Crippen molar-refractivity contribution in [2.45, 2.75) is 37.6 Å². The third kappa shape index (κ3) is 2.21. The third-order valence-electron chi connectivity index (χ3n) is 1.97. The molecule has 1 heterocycles. The van der Waals surface area contributed by atoms with Gasteiger partial charge >= 0.3 is 12.3 Å². The lowest BCUT2D eigenvalue weighted by atomic mass is 10.3. The molecule has 0 atom stereocenters. The summed E-state index contributed by atoms with van der Waals surface area (Å²) < 4.78 is 51.8. The van der Waals surface area contributed by atoms with E-state index in [1.165, 1.54) is 0 Å². The van der Waals surface area contributed by atoms with Crippen LogP contribution in [0.15, 0.2) is 0 Å². The minimum atomic E-state index is -4.28. The van der Waals surface area contributed by atoms with Crippen LogP contribution in [0.2, 0.25) is 0 Å². The average Bonchev–Trinajstić information content (AvgIpc) is 2.60. The van der Waals surface area contributed by atoms with Crippen LogP contribution in [0.1, 0.15) is 31.5 Å². The maximum atomic E-state index is 13.2. The normalized spacial score (nSPS) is 12.8. The van der Waals surface area contributed by atoms with Crippen molar-refractivity contribution < 1.29 is 17.6 Å². The van der Waals surface area contributed by atoms with Crippen LogP contribution < -0.4 is 0 Å². The van der Waals surface area contributed by atoms with Crippen molar-refractivity contribution in [3.05, 3.63) is 11.6 Å². The molecule has 1 aromatic heterocycles. The second-order valence-corrected chi connectivity index (χ2v) is 4.02. The molecule has 3 nitrogen and oxygen atoms in total. The molecular formula is C8H10BrF4N3. The van der Waals surface area contributed by atoms with Gasteiger partial charge in [0.05, 0.1) is 5.33 Å². The van der Waals surface area contributed by atoms with Crippen molar-refractivity contribution in [2.24, 2.45) is 0 Å². The summed E-state index contributed by atoms with van der Waals surface area (Å²) in [6.45, 7) is 3.20. The van der Waals surface area contributed by atoms with Crippen molar-refractivity contribution >= 4 is 15.9 Å². The van der Waals surface area contributed by atoms with Gasteiger partial charge in [0.1, 0.15) is 5.82 Å². The molecule has 0 saturated carbocycles. The van der Waals surface area contributed by atoms with Gasteiger partial charge in [-0.1, -0.05) is 15.9 Å². The molecule has 1 aromatic rings. The maximum Gasteiger partial charge on any atom is 0.365 e. The molecule has 8 heteroatoms. The predicted octanol–water partition coefficient (Wildman–Crippen LogP) is 3.11. The summed E-state index contributed by atoms with van der Waals surface area (Å²) in [6.07, 6.45) is -3.79. The van der Waals surface area contributed by atoms with E-state index < -0.39 is 24.2 Å². The van der Waals surface area contributed by atoms with Crippen LogP contribution in [0, 0.1) is 0 Å². The molecule has 92 valence electrons. The van der Waals surface area contributed by atoms with E-state index in [1.54, 1.807) is 13.8 Å². The summed E-state index contributed by atoms with van der Waals surface area (Å²) in [5.41, 5.74) is 0. The molecule has 0 N–H and O–H groups in total. The predicted molar refractivity (Wildman–Crippen MR) is 52.9 cm³/mol. The van der Waals surface area contributed by atoms with Gasteiger partial charge in [-0.05, 0) is 13.8 Å². The van der Waals surface area contributed by atoms with E-state index in [2.05, 4.69) is 26.1 Å². The fraction of sp³-hybridized carbons (Fsp3) is 0.750.